The van der Waals surface area contributed by atoms with Crippen LogP contribution >= 0.6 is 11.8 Å². The molecule has 0 radical (unpaired) electrons. The summed E-state index contributed by atoms with van der Waals surface area (Å²) in [5, 5.41) is 13.9. The number of carbonyl (C=O) groups is 1. The van der Waals surface area contributed by atoms with Crippen molar-refractivity contribution in [2.75, 3.05) is 13.4 Å². The van der Waals surface area contributed by atoms with E-state index < -0.39 is 5.97 Å². The molecule has 0 aliphatic rings. The molecule has 0 aliphatic carbocycles. The molecule has 0 fully saturated rings. The Morgan fingerprint density at radius 3 is 2.89 bits per heavy atom. The first kappa shape index (κ1) is 13.2. The average Bonchev–Trinajstić information content (AvgIpc) is 2.90. The first-order valence-corrected chi connectivity index (χ1v) is 6.65. The number of benzene rings is 1. The average molecular weight is 273 g/mol. The number of aromatic nitrogens is 2. The fourth-order valence-corrected chi connectivity index (χ4v) is 2.01. The number of rotatable bonds is 3. The number of thioether (sulfide) groups is 1. The summed E-state index contributed by atoms with van der Waals surface area (Å²) in [5.41, 5.74) is 1.50. The molecule has 5 nitrogen and oxygen atoms in total. The highest BCUT2D eigenvalue weighted by Gasteiger charge is 2.17. The van der Waals surface area contributed by atoms with Crippen molar-refractivity contribution in [1.82, 2.24) is 9.78 Å². The van der Waals surface area contributed by atoms with E-state index in [0.29, 0.717) is 22.0 Å². The van der Waals surface area contributed by atoms with Gasteiger partial charge in [0.15, 0.2) is 5.69 Å². The van der Waals surface area contributed by atoms with Crippen LogP contribution in [0.25, 0.3) is 5.69 Å². The zero-order valence-electron chi connectivity index (χ0n) is 10.5. The van der Waals surface area contributed by atoms with Crippen molar-refractivity contribution in [2.45, 2.75) is 5.03 Å². The zero-order valence-corrected chi connectivity index (χ0v) is 11.3. The lowest BCUT2D eigenvalue weighted by atomic mass is 10.2. The number of nitriles is 1. The monoisotopic (exact) mass is 273 g/mol. The van der Waals surface area contributed by atoms with Crippen LogP contribution in [-0.4, -0.2) is 29.1 Å². The number of nitrogens with zero attached hydrogens (tertiary/aromatic N) is 3. The van der Waals surface area contributed by atoms with E-state index in [1.807, 2.05) is 6.26 Å². The van der Waals surface area contributed by atoms with E-state index in [1.54, 1.807) is 30.3 Å². The zero-order chi connectivity index (χ0) is 13.8. The van der Waals surface area contributed by atoms with E-state index in [4.69, 9.17) is 10.00 Å². The molecule has 0 unspecified atom stereocenters. The van der Waals surface area contributed by atoms with Gasteiger partial charge in [-0.3, -0.25) is 0 Å². The van der Waals surface area contributed by atoms with Gasteiger partial charge in [0, 0.05) is 6.07 Å². The van der Waals surface area contributed by atoms with Gasteiger partial charge >= 0.3 is 5.97 Å². The van der Waals surface area contributed by atoms with E-state index in [2.05, 4.69) is 11.2 Å². The largest absolute Gasteiger partial charge is 0.464 e. The van der Waals surface area contributed by atoms with E-state index in [1.165, 1.54) is 23.6 Å². The third-order valence-electron chi connectivity index (χ3n) is 2.51. The Hall–Kier alpha value is -2.26. The molecule has 0 spiro atoms. The highest BCUT2D eigenvalue weighted by atomic mass is 32.2. The third kappa shape index (κ3) is 2.61. The SMILES string of the molecule is COC(=O)c1cc(SC)nn1-c1cccc(C#N)c1. The molecular weight excluding hydrogens is 262 g/mol. The van der Waals surface area contributed by atoms with Crippen molar-refractivity contribution < 1.29 is 9.53 Å². The summed E-state index contributed by atoms with van der Waals surface area (Å²) < 4.78 is 6.22. The van der Waals surface area contributed by atoms with Gasteiger partial charge in [0.25, 0.3) is 0 Å². The van der Waals surface area contributed by atoms with Gasteiger partial charge in [-0.2, -0.15) is 10.4 Å². The Morgan fingerprint density at radius 1 is 1.47 bits per heavy atom. The molecule has 96 valence electrons. The van der Waals surface area contributed by atoms with Gasteiger partial charge < -0.3 is 4.74 Å². The molecule has 1 aromatic heterocycles. The minimum absolute atomic E-state index is 0.335. The smallest absolute Gasteiger partial charge is 0.356 e. The molecule has 0 N–H and O–H groups in total. The quantitative estimate of drug-likeness (QED) is 0.633. The van der Waals surface area contributed by atoms with Gasteiger partial charge in [-0.05, 0) is 24.5 Å². The molecule has 1 heterocycles. The normalized spacial score (nSPS) is 9.95. The molecule has 0 aliphatic heterocycles. The molecule has 0 saturated heterocycles. The number of methoxy groups -OCH3 is 1. The molecular formula is C13H11N3O2S. The summed E-state index contributed by atoms with van der Waals surface area (Å²) >= 11 is 1.43. The molecule has 19 heavy (non-hydrogen) atoms. The first-order valence-electron chi connectivity index (χ1n) is 5.42. The summed E-state index contributed by atoms with van der Waals surface area (Å²) in [7, 11) is 1.32. The highest BCUT2D eigenvalue weighted by Crippen LogP contribution is 2.20. The molecule has 2 rings (SSSR count). The maximum absolute atomic E-state index is 11.7. The van der Waals surface area contributed by atoms with Crippen LogP contribution < -0.4 is 0 Å². The molecule has 0 amide bonds. The topological polar surface area (TPSA) is 67.9 Å². The van der Waals surface area contributed by atoms with Gasteiger partial charge in [0.1, 0.15) is 5.03 Å². The van der Waals surface area contributed by atoms with Crippen LogP contribution in [0.4, 0.5) is 0 Å². The fourth-order valence-electron chi connectivity index (χ4n) is 1.61. The van der Waals surface area contributed by atoms with E-state index in [0.717, 1.165) is 0 Å². The summed E-state index contributed by atoms with van der Waals surface area (Å²) in [6.45, 7) is 0. The van der Waals surface area contributed by atoms with Crippen LogP contribution in [0, 0.1) is 11.3 Å². The van der Waals surface area contributed by atoms with Crippen molar-refractivity contribution in [1.29, 1.82) is 5.26 Å². The Bertz CT molecular complexity index is 658. The van der Waals surface area contributed by atoms with Crippen molar-refractivity contribution in [2.24, 2.45) is 0 Å². The summed E-state index contributed by atoms with van der Waals surface area (Å²) in [6, 6.07) is 10.6. The lowest BCUT2D eigenvalue weighted by Crippen LogP contribution is -2.10. The first-order chi connectivity index (χ1) is 9.19. The number of hydrogen-bond donors (Lipinski definition) is 0. The Labute approximate surface area is 114 Å². The highest BCUT2D eigenvalue weighted by molar-refractivity contribution is 7.98. The standard InChI is InChI=1S/C13H11N3O2S/c1-18-13(17)11-7-12(19-2)15-16(11)10-5-3-4-9(6-10)8-14/h3-7H,1-2H3. The van der Waals surface area contributed by atoms with Gasteiger partial charge in [-0.1, -0.05) is 6.07 Å². The molecule has 0 saturated carbocycles. The second-order valence-corrected chi connectivity index (χ2v) is 4.46. The molecule has 0 bridgehead atoms. The van der Waals surface area contributed by atoms with Crippen LogP contribution in [0.5, 0.6) is 0 Å². The van der Waals surface area contributed by atoms with Crippen molar-refractivity contribution >= 4 is 17.7 Å². The number of ether oxygens (including phenoxy) is 1. The fraction of sp³-hybridized carbons (Fsp3) is 0.154. The van der Waals surface area contributed by atoms with Gasteiger partial charge in [-0.25, -0.2) is 9.48 Å². The Morgan fingerprint density at radius 2 is 2.26 bits per heavy atom. The molecule has 6 heteroatoms. The number of esters is 1. The maximum atomic E-state index is 11.7. The van der Waals surface area contributed by atoms with Crippen LogP contribution in [0.3, 0.4) is 0 Å². The summed E-state index contributed by atoms with van der Waals surface area (Å²) in [6.07, 6.45) is 1.87. The van der Waals surface area contributed by atoms with Crippen LogP contribution in [-0.2, 0) is 4.74 Å². The molecule has 2 aromatic rings. The van der Waals surface area contributed by atoms with Crippen molar-refractivity contribution in [3.8, 4) is 11.8 Å². The number of hydrogen-bond acceptors (Lipinski definition) is 5. The lowest BCUT2D eigenvalue weighted by Gasteiger charge is -2.05. The second-order valence-electron chi connectivity index (χ2n) is 3.64. The molecule has 1 aromatic carbocycles. The van der Waals surface area contributed by atoms with Crippen molar-refractivity contribution in [3.63, 3.8) is 0 Å². The number of carbonyl (C=O) groups excluding carboxylic acids is 1. The Balaban J connectivity index is 2.57. The van der Waals surface area contributed by atoms with Gasteiger partial charge in [0.2, 0.25) is 0 Å². The predicted octanol–water partition coefficient (Wildman–Crippen LogP) is 2.25. The van der Waals surface area contributed by atoms with Gasteiger partial charge in [-0.15, -0.1) is 11.8 Å². The van der Waals surface area contributed by atoms with E-state index in [9.17, 15) is 4.79 Å². The van der Waals surface area contributed by atoms with Crippen LogP contribution in [0.1, 0.15) is 16.1 Å². The van der Waals surface area contributed by atoms with Crippen molar-refractivity contribution in [3.05, 3.63) is 41.6 Å². The maximum Gasteiger partial charge on any atom is 0.356 e. The van der Waals surface area contributed by atoms with Crippen LogP contribution in [0.2, 0.25) is 0 Å². The van der Waals surface area contributed by atoms with E-state index >= 15 is 0 Å². The van der Waals surface area contributed by atoms with Crippen LogP contribution in [0.15, 0.2) is 35.4 Å². The summed E-state index contributed by atoms with van der Waals surface area (Å²) in [4.78, 5) is 11.7. The summed E-state index contributed by atoms with van der Waals surface area (Å²) in [5.74, 6) is -0.463. The third-order valence-corrected chi connectivity index (χ3v) is 3.13. The Kier molecular flexibility index (Phi) is 3.88. The molecule has 0 atom stereocenters. The predicted molar refractivity (Wildman–Crippen MR) is 71.4 cm³/mol. The minimum atomic E-state index is -0.463. The lowest BCUT2D eigenvalue weighted by molar-refractivity contribution is 0.0590. The van der Waals surface area contributed by atoms with E-state index in [-0.39, 0.29) is 0 Å². The van der Waals surface area contributed by atoms with Gasteiger partial charge in [0.05, 0.1) is 24.4 Å². The second kappa shape index (κ2) is 5.59. The minimum Gasteiger partial charge on any atom is -0.464 e.